The average molecular weight is 253 g/mol. The second-order valence-corrected chi connectivity index (χ2v) is 5.07. The largest absolute Gasteiger partial charge is 0.312 e. The van der Waals surface area contributed by atoms with E-state index in [2.05, 4.69) is 10.3 Å². The fourth-order valence-corrected chi connectivity index (χ4v) is 2.65. The summed E-state index contributed by atoms with van der Waals surface area (Å²) in [4.78, 5) is 29.1. The van der Waals surface area contributed by atoms with Gasteiger partial charge in [0.1, 0.15) is 0 Å². The summed E-state index contributed by atoms with van der Waals surface area (Å²) in [7, 11) is 1.85. The van der Waals surface area contributed by atoms with E-state index in [-0.39, 0.29) is 30.2 Å². The molecule has 1 N–H and O–H groups in total. The van der Waals surface area contributed by atoms with Crippen molar-refractivity contribution in [3.05, 3.63) is 11.1 Å². The van der Waals surface area contributed by atoms with Gasteiger partial charge in [-0.25, -0.2) is 9.88 Å². The Morgan fingerprint density at radius 3 is 2.82 bits per heavy atom. The van der Waals surface area contributed by atoms with Crippen molar-refractivity contribution in [3.8, 4) is 0 Å². The van der Waals surface area contributed by atoms with Crippen molar-refractivity contribution < 1.29 is 9.59 Å². The van der Waals surface area contributed by atoms with Crippen LogP contribution in [0.5, 0.6) is 0 Å². The van der Waals surface area contributed by atoms with Gasteiger partial charge in [-0.15, -0.1) is 11.3 Å². The molecule has 2 atom stereocenters. The van der Waals surface area contributed by atoms with Gasteiger partial charge in [0, 0.05) is 23.8 Å². The number of aromatic nitrogens is 1. The minimum absolute atomic E-state index is 0.116. The minimum atomic E-state index is -0.225. The second-order valence-electron chi connectivity index (χ2n) is 4.24. The summed E-state index contributed by atoms with van der Waals surface area (Å²) in [5.41, 5.74) is 0.854. The molecule has 1 saturated heterocycles. The van der Waals surface area contributed by atoms with Crippen LogP contribution >= 0.6 is 11.3 Å². The van der Waals surface area contributed by atoms with Gasteiger partial charge in [-0.05, 0) is 14.0 Å². The molecule has 0 aliphatic carbocycles. The molecule has 0 bridgehead atoms. The van der Waals surface area contributed by atoms with Gasteiger partial charge < -0.3 is 5.32 Å². The zero-order valence-corrected chi connectivity index (χ0v) is 10.9. The van der Waals surface area contributed by atoms with E-state index in [0.717, 1.165) is 5.69 Å². The maximum Gasteiger partial charge on any atom is 0.238 e. The molecular weight excluding hydrogens is 238 g/mol. The maximum absolute atomic E-state index is 11.8. The fourth-order valence-electron chi connectivity index (χ4n) is 1.71. The number of hydrogen-bond acceptors (Lipinski definition) is 5. The van der Waals surface area contributed by atoms with Gasteiger partial charge in [0.2, 0.25) is 11.8 Å². The smallest absolute Gasteiger partial charge is 0.238 e. The number of thiazole rings is 1. The molecule has 1 fully saturated rings. The van der Waals surface area contributed by atoms with Crippen LogP contribution in [0.1, 0.15) is 32.0 Å². The van der Waals surface area contributed by atoms with Crippen LogP contribution < -0.4 is 10.2 Å². The van der Waals surface area contributed by atoms with Crippen LogP contribution in [-0.2, 0) is 9.59 Å². The van der Waals surface area contributed by atoms with Gasteiger partial charge in [-0.2, -0.15) is 0 Å². The Bertz CT molecular complexity index is 457. The average Bonchev–Trinajstić information content (AvgIpc) is 2.85. The third-order valence-corrected chi connectivity index (χ3v) is 3.79. The third kappa shape index (κ3) is 2.10. The van der Waals surface area contributed by atoms with Crippen molar-refractivity contribution in [2.24, 2.45) is 5.92 Å². The molecular formula is C11H15N3O2S. The summed E-state index contributed by atoms with van der Waals surface area (Å²) in [6, 6.07) is 0.116. The summed E-state index contributed by atoms with van der Waals surface area (Å²) in [5.74, 6) is -0.523. The first-order valence-corrected chi connectivity index (χ1v) is 6.42. The van der Waals surface area contributed by atoms with Crippen LogP contribution in [0.15, 0.2) is 5.38 Å². The molecule has 2 heterocycles. The molecule has 17 heavy (non-hydrogen) atoms. The van der Waals surface area contributed by atoms with E-state index in [4.69, 9.17) is 0 Å². The van der Waals surface area contributed by atoms with Gasteiger partial charge in [0.25, 0.3) is 0 Å². The molecule has 2 unspecified atom stereocenters. The highest BCUT2D eigenvalue weighted by molar-refractivity contribution is 7.14. The van der Waals surface area contributed by atoms with Crippen LogP contribution in [0.3, 0.4) is 0 Å². The van der Waals surface area contributed by atoms with Crippen molar-refractivity contribution in [1.82, 2.24) is 10.3 Å². The Morgan fingerprint density at radius 2 is 2.29 bits per heavy atom. The quantitative estimate of drug-likeness (QED) is 0.825. The number of nitrogens with one attached hydrogen (secondary N) is 1. The number of carbonyl (C=O) groups is 2. The molecule has 0 saturated carbocycles. The van der Waals surface area contributed by atoms with Crippen LogP contribution in [-0.4, -0.2) is 23.8 Å². The zero-order chi connectivity index (χ0) is 12.6. The normalized spacial score (nSPS) is 22.3. The molecule has 5 nitrogen and oxygen atoms in total. The summed E-state index contributed by atoms with van der Waals surface area (Å²) in [6.07, 6.45) is 0.287. The first-order valence-electron chi connectivity index (χ1n) is 5.54. The molecule has 2 amide bonds. The fraction of sp³-hybridized carbons (Fsp3) is 0.545. The van der Waals surface area contributed by atoms with Crippen LogP contribution in [0, 0.1) is 5.92 Å². The van der Waals surface area contributed by atoms with E-state index in [1.165, 1.54) is 16.2 Å². The molecule has 6 heteroatoms. The van der Waals surface area contributed by atoms with E-state index in [0.29, 0.717) is 5.13 Å². The SMILES string of the molecule is CNC(C)c1csc(N2C(=O)CC(C)C2=O)n1. The van der Waals surface area contributed by atoms with E-state index >= 15 is 0 Å². The predicted octanol–water partition coefficient (Wildman–Crippen LogP) is 1.32. The van der Waals surface area contributed by atoms with Gasteiger partial charge in [-0.3, -0.25) is 9.59 Å². The van der Waals surface area contributed by atoms with E-state index < -0.39 is 0 Å². The Morgan fingerprint density at radius 1 is 1.59 bits per heavy atom. The number of anilines is 1. The van der Waals surface area contributed by atoms with Crippen LogP contribution in [0.2, 0.25) is 0 Å². The third-order valence-electron chi connectivity index (χ3n) is 2.95. The van der Waals surface area contributed by atoms with Crippen molar-refractivity contribution >= 4 is 28.3 Å². The molecule has 1 aromatic heterocycles. The lowest BCUT2D eigenvalue weighted by molar-refractivity contribution is -0.122. The van der Waals surface area contributed by atoms with Gasteiger partial charge >= 0.3 is 0 Å². The summed E-state index contributed by atoms with van der Waals surface area (Å²) in [5, 5.41) is 5.43. The molecule has 0 spiro atoms. The highest BCUT2D eigenvalue weighted by Crippen LogP contribution is 2.30. The lowest BCUT2D eigenvalue weighted by atomic mass is 10.1. The molecule has 0 radical (unpaired) electrons. The van der Waals surface area contributed by atoms with Crippen LogP contribution in [0.4, 0.5) is 5.13 Å². The number of rotatable bonds is 3. The maximum atomic E-state index is 11.8. The Balaban J connectivity index is 2.26. The number of hydrogen-bond donors (Lipinski definition) is 1. The second kappa shape index (κ2) is 4.54. The first kappa shape index (κ1) is 12.2. The monoisotopic (exact) mass is 253 g/mol. The highest BCUT2D eigenvalue weighted by atomic mass is 32.1. The van der Waals surface area contributed by atoms with Gasteiger partial charge in [0.15, 0.2) is 5.13 Å². The number of amides is 2. The standard InChI is InChI=1S/C11H15N3O2S/c1-6-4-9(15)14(10(6)16)11-13-8(5-17-11)7(2)12-3/h5-7,12H,4H2,1-3H3. The van der Waals surface area contributed by atoms with Crippen molar-refractivity contribution in [1.29, 1.82) is 0 Å². The van der Waals surface area contributed by atoms with Crippen molar-refractivity contribution in [2.75, 3.05) is 11.9 Å². The highest BCUT2D eigenvalue weighted by Gasteiger charge is 2.38. The number of nitrogens with zero attached hydrogens (tertiary/aromatic N) is 2. The molecule has 1 aromatic rings. The lowest BCUT2D eigenvalue weighted by Gasteiger charge is -2.10. The summed E-state index contributed by atoms with van der Waals surface area (Å²) >= 11 is 1.33. The Kier molecular flexibility index (Phi) is 3.26. The van der Waals surface area contributed by atoms with Crippen LogP contribution in [0.25, 0.3) is 0 Å². The summed E-state index contributed by atoms with van der Waals surface area (Å²) in [6.45, 7) is 3.75. The van der Waals surface area contributed by atoms with Crippen molar-refractivity contribution in [2.45, 2.75) is 26.3 Å². The van der Waals surface area contributed by atoms with Gasteiger partial charge in [0.05, 0.1) is 5.69 Å². The topological polar surface area (TPSA) is 62.3 Å². The molecule has 0 aromatic carbocycles. The molecule has 1 aliphatic heterocycles. The number of carbonyl (C=O) groups excluding carboxylic acids is 2. The van der Waals surface area contributed by atoms with Gasteiger partial charge in [-0.1, -0.05) is 6.92 Å². The zero-order valence-electron chi connectivity index (χ0n) is 10.1. The Labute approximate surface area is 104 Å². The van der Waals surface area contributed by atoms with E-state index in [1.807, 2.05) is 19.4 Å². The molecule has 92 valence electrons. The summed E-state index contributed by atoms with van der Waals surface area (Å²) < 4.78 is 0. The van der Waals surface area contributed by atoms with E-state index in [1.54, 1.807) is 6.92 Å². The lowest BCUT2D eigenvalue weighted by Crippen LogP contribution is -2.30. The Hall–Kier alpha value is -1.27. The molecule has 2 rings (SSSR count). The first-order chi connectivity index (χ1) is 8.04. The minimum Gasteiger partial charge on any atom is -0.312 e. The predicted molar refractivity (Wildman–Crippen MR) is 65.9 cm³/mol. The number of imide groups is 1. The molecule has 1 aliphatic rings. The van der Waals surface area contributed by atoms with E-state index in [9.17, 15) is 9.59 Å². The van der Waals surface area contributed by atoms with Crippen molar-refractivity contribution in [3.63, 3.8) is 0 Å².